The van der Waals surface area contributed by atoms with E-state index in [1.54, 1.807) is 18.3 Å². The highest BCUT2D eigenvalue weighted by Gasteiger charge is 2.17. The predicted octanol–water partition coefficient (Wildman–Crippen LogP) is 4.04. The molecule has 1 fully saturated rings. The molecule has 3 heterocycles. The minimum absolute atomic E-state index is 0.447. The van der Waals surface area contributed by atoms with E-state index >= 15 is 0 Å². The summed E-state index contributed by atoms with van der Waals surface area (Å²) in [6, 6.07) is 15.9. The van der Waals surface area contributed by atoms with Gasteiger partial charge in [0.05, 0.1) is 17.3 Å². The largest absolute Gasteiger partial charge is 0.366 e. The zero-order valence-corrected chi connectivity index (χ0v) is 19.3. The highest BCUT2D eigenvalue weighted by Crippen LogP contribution is 2.28. The third-order valence-electron chi connectivity index (χ3n) is 6.37. The molecule has 0 radical (unpaired) electrons. The van der Waals surface area contributed by atoms with Gasteiger partial charge in [-0.05, 0) is 69.0 Å². The average Bonchev–Trinajstić information content (AvgIpc) is 3.51. The van der Waals surface area contributed by atoms with E-state index in [9.17, 15) is 4.79 Å². The molecule has 0 saturated carbocycles. The molecule has 34 heavy (non-hydrogen) atoms. The van der Waals surface area contributed by atoms with Gasteiger partial charge >= 0.3 is 0 Å². The topological polar surface area (TPSA) is 111 Å². The van der Waals surface area contributed by atoms with E-state index in [-0.39, 0.29) is 0 Å². The van der Waals surface area contributed by atoms with Crippen LogP contribution in [0.2, 0.25) is 0 Å². The molecular weight excluding hydrogens is 426 g/mol. The molecule has 2 aromatic heterocycles. The molecule has 2 aromatic carbocycles. The van der Waals surface area contributed by atoms with Crippen LogP contribution in [-0.2, 0) is 6.42 Å². The molecule has 1 saturated heterocycles. The third-order valence-corrected chi connectivity index (χ3v) is 6.37. The Kier molecular flexibility index (Phi) is 6.22. The summed E-state index contributed by atoms with van der Waals surface area (Å²) < 4.78 is 1.84. The number of para-hydroxylation sites is 1. The molecule has 1 unspecified atom stereocenters. The Morgan fingerprint density at radius 3 is 2.82 bits per heavy atom. The SMILES string of the molecule is Cc1ccc(C(N)=O)cc1Nc1nc(CCCC2CCCN2)nc2c1cnn2-c1ccccc1. The number of fused-ring (bicyclic) bond motifs is 1. The van der Waals surface area contributed by atoms with Crippen molar-refractivity contribution in [3.63, 3.8) is 0 Å². The van der Waals surface area contributed by atoms with Gasteiger partial charge in [-0.15, -0.1) is 0 Å². The predicted molar refractivity (Wildman–Crippen MR) is 134 cm³/mol. The van der Waals surface area contributed by atoms with Crippen molar-refractivity contribution in [3.8, 4) is 5.69 Å². The fourth-order valence-electron chi connectivity index (χ4n) is 4.47. The van der Waals surface area contributed by atoms with Gasteiger partial charge in [-0.2, -0.15) is 5.10 Å². The summed E-state index contributed by atoms with van der Waals surface area (Å²) in [5.41, 5.74) is 9.41. The van der Waals surface area contributed by atoms with Crippen LogP contribution >= 0.6 is 0 Å². The third kappa shape index (κ3) is 4.63. The normalized spacial score (nSPS) is 15.6. The summed E-state index contributed by atoms with van der Waals surface area (Å²) in [7, 11) is 0. The first-order chi connectivity index (χ1) is 16.6. The van der Waals surface area contributed by atoms with Crippen LogP contribution in [0.25, 0.3) is 16.7 Å². The lowest BCUT2D eigenvalue weighted by molar-refractivity contribution is 0.100. The number of carbonyl (C=O) groups excluding carboxylic acids is 1. The number of carbonyl (C=O) groups is 1. The zero-order valence-electron chi connectivity index (χ0n) is 19.3. The number of primary amides is 1. The Labute approximate surface area is 198 Å². The van der Waals surface area contributed by atoms with E-state index in [2.05, 4.69) is 15.7 Å². The van der Waals surface area contributed by atoms with Gasteiger partial charge in [-0.3, -0.25) is 4.79 Å². The maximum Gasteiger partial charge on any atom is 0.248 e. The average molecular weight is 456 g/mol. The maximum atomic E-state index is 11.7. The van der Waals surface area contributed by atoms with Crippen LogP contribution in [0.1, 0.15) is 47.4 Å². The number of nitrogens with zero attached hydrogens (tertiary/aromatic N) is 4. The summed E-state index contributed by atoms with van der Waals surface area (Å²) in [5.74, 6) is 0.981. The van der Waals surface area contributed by atoms with Crippen LogP contribution in [0.4, 0.5) is 11.5 Å². The second kappa shape index (κ2) is 9.61. The first kappa shape index (κ1) is 22.0. The number of rotatable bonds is 8. The minimum atomic E-state index is -0.464. The summed E-state index contributed by atoms with van der Waals surface area (Å²) in [6.07, 6.45) is 7.18. The molecule has 5 rings (SSSR count). The van der Waals surface area contributed by atoms with Crippen LogP contribution in [0, 0.1) is 6.92 Å². The van der Waals surface area contributed by atoms with Gasteiger partial charge in [0, 0.05) is 23.7 Å². The zero-order chi connectivity index (χ0) is 23.5. The van der Waals surface area contributed by atoms with Crippen molar-refractivity contribution in [2.75, 3.05) is 11.9 Å². The van der Waals surface area contributed by atoms with Crippen LogP contribution in [0.15, 0.2) is 54.7 Å². The van der Waals surface area contributed by atoms with Crippen molar-refractivity contribution in [1.82, 2.24) is 25.1 Å². The Hall–Kier alpha value is -3.78. The summed E-state index contributed by atoms with van der Waals surface area (Å²) >= 11 is 0. The second-order valence-electron chi connectivity index (χ2n) is 8.82. The van der Waals surface area contributed by atoms with Crippen molar-refractivity contribution in [2.24, 2.45) is 5.73 Å². The van der Waals surface area contributed by atoms with E-state index in [1.165, 1.54) is 12.8 Å². The molecule has 1 atom stereocenters. The molecule has 8 nitrogen and oxygen atoms in total. The molecule has 0 aliphatic carbocycles. The first-order valence-electron chi connectivity index (χ1n) is 11.8. The van der Waals surface area contributed by atoms with Crippen molar-refractivity contribution in [3.05, 3.63) is 71.7 Å². The number of aromatic nitrogens is 4. The van der Waals surface area contributed by atoms with Gasteiger partial charge in [-0.1, -0.05) is 24.3 Å². The molecular formula is C26H29N7O. The highest BCUT2D eigenvalue weighted by molar-refractivity contribution is 5.95. The van der Waals surface area contributed by atoms with Crippen LogP contribution in [0.3, 0.4) is 0 Å². The number of aryl methyl sites for hydroxylation is 2. The van der Waals surface area contributed by atoms with E-state index in [1.807, 2.05) is 48.0 Å². The summed E-state index contributed by atoms with van der Waals surface area (Å²) in [6.45, 7) is 3.09. The monoisotopic (exact) mass is 455 g/mol. The van der Waals surface area contributed by atoms with Crippen LogP contribution in [-0.4, -0.2) is 38.2 Å². The number of anilines is 2. The maximum absolute atomic E-state index is 11.7. The molecule has 4 aromatic rings. The van der Waals surface area contributed by atoms with Crippen molar-refractivity contribution < 1.29 is 4.79 Å². The first-order valence-corrected chi connectivity index (χ1v) is 11.8. The Morgan fingerprint density at radius 1 is 1.21 bits per heavy atom. The molecule has 1 aliphatic heterocycles. The molecule has 1 aliphatic rings. The number of hydrogen-bond donors (Lipinski definition) is 3. The van der Waals surface area contributed by atoms with Crippen molar-refractivity contribution in [2.45, 2.75) is 45.1 Å². The molecule has 174 valence electrons. The van der Waals surface area contributed by atoms with Gasteiger partial charge in [0.2, 0.25) is 5.91 Å². The lowest BCUT2D eigenvalue weighted by atomic mass is 10.1. The summed E-state index contributed by atoms with van der Waals surface area (Å²) in [4.78, 5) is 21.5. The second-order valence-corrected chi connectivity index (χ2v) is 8.82. The van der Waals surface area contributed by atoms with Gasteiger partial charge in [0.15, 0.2) is 5.65 Å². The van der Waals surface area contributed by atoms with E-state index in [0.717, 1.165) is 59.6 Å². The Balaban J connectivity index is 1.52. The number of hydrogen-bond acceptors (Lipinski definition) is 6. The molecule has 8 heteroatoms. The van der Waals surface area contributed by atoms with Crippen molar-refractivity contribution >= 4 is 28.4 Å². The van der Waals surface area contributed by atoms with Crippen molar-refractivity contribution in [1.29, 1.82) is 0 Å². The number of nitrogens with two attached hydrogens (primary N) is 1. The fourth-order valence-corrected chi connectivity index (χ4v) is 4.47. The highest BCUT2D eigenvalue weighted by atomic mass is 16.1. The van der Waals surface area contributed by atoms with E-state index in [4.69, 9.17) is 15.7 Å². The molecule has 0 spiro atoms. The van der Waals surface area contributed by atoms with Gasteiger partial charge in [0.1, 0.15) is 11.6 Å². The smallest absolute Gasteiger partial charge is 0.248 e. The molecule has 4 N–H and O–H groups in total. The molecule has 1 amide bonds. The fraction of sp³-hybridized carbons (Fsp3) is 0.308. The quantitative estimate of drug-likeness (QED) is 0.370. The lowest BCUT2D eigenvalue weighted by Crippen LogP contribution is -2.21. The number of amides is 1. The molecule has 0 bridgehead atoms. The Morgan fingerprint density at radius 2 is 2.06 bits per heavy atom. The minimum Gasteiger partial charge on any atom is -0.366 e. The van der Waals surface area contributed by atoms with Gasteiger partial charge in [-0.25, -0.2) is 14.6 Å². The summed E-state index contributed by atoms with van der Waals surface area (Å²) in [5, 5.41) is 12.4. The van der Waals surface area contributed by atoms with Gasteiger partial charge < -0.3 is 16.4 Å². The van der Waals surface area contributed by atoms with E-state index in [0.29, 0.717) is 17.4 Å². The van der Waals surface area contributed by atoms with Gasteiger partial charge in [0.25, 0.3) is 0 Å². The number of benzene rings is 2. The lowest BCUT2D eigenvalue weighted by Gasteiger charge is -2.13. The Bertz CT molecular complexity index is 1310. The van der Waals surface area contributed by atoms with E-state index < -0.39 is 5.91 Å². The van der Waals surface area contributed by atoms with Crippen LogP contribution < -0.4 is 16.4 Å². The number of nitrogens with one attached hydrogen (secondary N) is 2. The van der Waals surface area contributed by atoms with Crippen LogP contribution in [0.5, 0.6) is 0 Å². The standard InChI is InChI=1S/C26H29N7O/c1-17-12-13-18(24(27)34)15-22(17)30-25-21-16-29-33(20-9-3-2-4-10-20)26(21)32-23(31-25)11-5-7-19-8-6-14-28-19/h2-4,9-10,12-13,15-16,19,28H,5-8,11,14H2,1H3,(H2,27,34)(H,30,31,32).